The molecule has 0 N–H and O–H groups in total. The highest BCUT2D eigenvalue weighted by Gasteiger charge is 2.22. The molecular weight excluding hydrogens is 372 g/mol. The number of halogens is 1. The molecule has 0 saturated heterocycles. The molecule has 3 rings (SSSR count). The van der Waals surface area contributed by atoms with Gasteiger partial charge in [0.05, 0.1) is 6.54 Å². The molecule has 3 aromatic carbocycles. The summed E-state index contributed by atoms with van der Waals surface area (Å²) in [5, 5.41) is 0.596. The van der Waals surface area contributed by atoms with E-state index in [-0.39, 0.29) is 18.2 Å². The van der Waals surface area contributed by atoms with E-state index in [2.05, 4.69) is 0 Å². The summed E-state index contributed by atoms with van der Waals surface area (Å²) in [7, 11) is 1.66. The standard InChI is InChI=1S/C23H21ClN2O2/c1-25(20-14-12-19(24)13-15-20)22(27)16-23(28)26(21-10-6-3-7-11-21)17-18-8-4-2-5-9-18/h2-15H,16-17H2,1H3. The number of hydrogen-bond donors (Lipinski definition) is 0. The smallest absolute Gasteiger partial charge is 0.236 e. The van der Waals surface area contributed by atoms with E-state index in [0.29, 0.717) is 17.3 Å². The first-order valence-electron chi connectivity index (χ1n) is 8.96. The molecule has 2 amide bonds. The summed E-state index contributed by atoms with van der Waals surface area (Å²) in [5.74, 6) is -0.526. The molecule has 0 bridgehead atoms. The molecule has 0 radical (unpaired) electrons. The molecular formula is C23H21ClN2O2. The van der Waals surface area contributed by atoms with E-state index in [1.165, 1.54) is 4.90 Å². The molecule has 0 aliphatic heterocycles. The van der Waals surface area contributed by atoms with Crippen LogP contribution in [0.5, 0.6) is 0 Å². The summed E-state index contributed by atoms with van der Waals surface area (Å²) in [6.07, 6.45) is -0.221. The Hall–Kier alpha value is -3.11. The molecule has 0 aliphatic carbocycles. The van der Waals surface area contributed by atoms with Crippen molar-refractivity contribution >= 4 is 34.8 Å². The zero-order chi connectivity index (χ0) is 19.9. The average Bonchev–Trinajstić information content (AvgIpc) is 2.73. The summed E-state index contributed by atoms with van der Waals surface area (Å²) in [6, 6.07) is 26.1. The lowest BCUT2D eigenvalue weighted by atomic mass is 10.1. The number of carbonyl (C=O) groups is 2. The number of carbonyl (C=O) groups excluding carboxylic acids is 2. The normalized spacial score (nSPS) is 10.4. The SMILES string of the molecule is CN(C(=O)CC(=O)N(Cc1ccccc1)c1ccccc1)c1ccc(Cl)cc1. The Balaban J connectivity index is 1.77. The molecule has 0 saturated carbocycles. The van der Waals surface area contributed by atoms with E-state index in [1.54, 1.807) is 36.2 Å². The second kappa shape index (κ2) is 9.20. The number of amides is 2. The molecule has 0 heterocycles. The van der Waals surface area contributed by atoms with Gasteiger partial charge in [-0.15, -0.1) is 0 Å². The van der Waals surface area contributed by atoms with Crippen molar-refractivity contribution in [2.75, 3.05) is 16.8 Å². The van der Waals surface area contributed by atoms with Crippen LogP contribution in [0.1, 0.15) is 12.0 Å². The lowest BCUT2D eigenvalue weighted by Crippen LogP contribution is -2.36. The van der Waals surface area contributed by atoms with Gasteiger partial charge in [-0.25, -0.2) is 0 Å². The molecule has 28 heavy (non-hydrogen) atoms. The number of anilines is 2. The Morgan fingerprint density at radius 3 is 1.93 bits per heavy atom. The van der Waals surface area contributed by atoms with Crippen molar-refractivity contribution in [2.45, 2.75) is 13.0 Å². The van der Waals surface area contributed by atoms with Crippen molar-refractivity contribution < 1.29 is 9.59 Å². The van der Waals surface area contributed by atoms with Crippen molar-refractivity contribution in [2.24, 2.45) is 0 Å². The van der Waals surface area contributed by atoms with Gasteiger partial charge in [0, 0.05) is 23.4 Å². The minimum Gasteiger partial charge on any atom is -0.315 e. The van der Waals surface area contributed by atoms with Crippen LogP contribution < -0.4 is 9.80 Å². The molecule has 0 spiro atoms. The van der Waals surface area contributed by atoms with E-state index in [9.17, 15) is 9.59 Å². The van der Waals surface area contributed by atoms with Gasteiger partial charge in [0.25, 0.3) is 0 Å². The zero-order valence-corrected chi connectivity index (χ0v) is 16.3. The third-order valence-electron chi connectivity index (χ3n) is 4.44. The summed E-state index contributed by atoms with van der Waals surface area (Å²) in [5.41, 5.74) is 2.45. The minimum absolute atomic E-state index is 0.221. The molecule has 4 nitrogen and oxygen atoms in total. The molecule has 142 valence electrons. The lowest BCUT2D eigenvalue weighted by molar-refractivity contribution is -0.126. The van der Waals surface area contributed by atoms with Crippen LogP contribution in [-0.4, -0.2) is 18.9 Å². The van der Waals surface area contributed by atoms with Gasteiger partial charge in [0.2, 0.25) is 11.8 Å². The molecule has 5 heteroatoms. The predicted molar refractivity (Wildman–Crippen MR) is 114 cm³/mol. The van der Waals surface area contributed by atoms with Gasteiger partial charge >= 0.3 is 0 Å². The van der Waals surface area contributed by atoms with Crippen LogP contribution in [0.2, 0.25) is 5.02 Å². The Morgan fingerprint density at radius 2 is 1.32 bits per heavy atom. The molecule has 0 fully saturated rings. The van der Waals surface area contributed by atoms with Crippen LogP contribution in [-0.2, 0) is 16.1 Å². The second-order valence-electron chi connectivity index (χ2n) is 6.41. The fraction of sp³-hybridized carbons (Fsp3) is 0.130. The van der Waals surface area contributed by atoms with Crippen LogP contribution >= 0.6 is 11.6 Å². The first-order valence-corrected chi connectivity index (χ1v) is 9.34. The molecule has 0 aliphatic rings. The largest absolute Gasteiger partial charge is 0.315 e. The number of rotatable bonds is 6. The van der Waals surface area contributed by atoms with Gasteiger partial charge in [-0.1, -0.05) is 60.1 Å². The van der Waals surface area contributed by atoms with Gasteiger partial charge in [-0.05, 0) is 42.0 Å². The van der Waals surface area contributed by atoms with Crippen LogP contribution in [0.3, 0.4) is 0 Å². The van der Waals surface area contributed by atoms with Crippen LogP contribution in [0.4, 0.5) is 11.4 Å². The van der Waals surface area contributed by atoms with Crippen molar-refractivity contribution in [3.63, 3.8) is 0 Å². The fourth-order valence-electron chi connectivity index (χ4n) is 2.85. The topological polar surface area (TPSA) is 40.6 Å². The lowest BCUT2D eigenvalue weighted by Gasteiger charge is -2.24. The fourth-order valence-corrected chi connectivity index (χ4v) is 2.98. The monoisotopic (exact) mass is 392 g/mol. The Bertz CT molecular complexity index is 928. The van der Waals surface area contributed by atoms with Gasteiger partial charge in [-0.2, -0.15) is 0 Å². The number of benzene rings is 3. The van der Waals surface area contributed by atoms with Crippen LogP contribution in [0.25, 0.3) is 0 Å². The number of para-hydroxylation sites is 1. The van der Waals surface area contributed by atoms with E-state index in [1.807, 2.05) is 60.7 Å². The summed E-state index contributed by atoms with van der Waals surface area (Å²) in [6.45, 7) is 0.404. The first-order chi connectivity index (χ1) is 13.5. The maximum absolute atomic E-state index is 13.0. The van der Waals surface area contributed by atoms with E-state index < -0.39 is 0 Å². The summed E-state index contributed by atoms with van der Waals surface area (Å²) < 4.78 is 0. The Kier molecular flexibility index (Phi) is 6.45. The van der Waals surface area contributed by atoms with Gasteiger partial charge in [-0.3, -0.25) is 9.59 Å². The highest BCUT2D eigenvalue weighted by molar-refractivity contribution is 6.30. The van der Waals surface area contributed by atoms with Crippen molar-refractivity contribution in [1.29, 1.82) is 0 Å². The van der Waals surface area contributed by atoms with E-state index in [4.69, 9.17) is 11.6 Å². The quantitative estimate of drug-likeness (QED) is 0.558. The van der Waals surface area contributed by atoms with Crippen LogP contribution in [0, 0.1) is 0 Å². The molecule has 3 aromatic rings. The first kappa shape index (κ1) is 19.6. The average molecular weight is 393 g/mol. The third kappa shape index (κ3) is 4.99. The highest BCUT2D eigenvalue weighted by atomic mass is 35.5. The van der Waals surface area contributed by atoms with Gasteiger partial charge < -0.3 is 9.80 Å². The van der Waals surface area contributed by atoms with Crippen molar-refractivity contribution in [3.8, 4) is 0 Å². The highest BCUT2D eigenvalue weighted by Crippen LogP contribution is 2.20. The summed E-state index contributed by atoms with van der Waals surface area (Å²) >= 11 is 5.90. The maximum atomic E-state index is 13.0. The molecule has 0 aromatic heterocycles. The molecule has 0 unspecified atom stereocenters. The number of nitrogens with zero attached hydrogens (tertiary/aromatic N) is 2. The van der Waals surface area contributed by atoms with E-state index >= 15 is 0 Å². The molecule has 0 atom stereocenters. The maximum Gasteiger partial charge on any atom is 0.236 e. The minimum atomic E-state index is -0.277. The second-order valence-corrected chi connectivity index (χ2v) is 6.84. The third-order valence-corrected chi connectivity index (χ3v) is 4.69. The van der Waals surface area contributed by atoms with E-state index in [0.717, 1.165) is 11.3 Å². The number of hydrogen-bond acceptors (Lipinski definition) is 2. The van der Waals surface area contributed by atoms with Crippen molar-refractivity contribution in [1.82, 2.24) is 0 Å². The predicted octanol–water partition coefficient (Wildman–Crippen LogP) is 4.93. The van der Waals surface area contributed by atoms with Gasteiger partial charge in [0.1, 0.15) is 6.42 Å². The van der Waals surface area contributed by atoms with Crippen molar-refractivity contribution in [3.05, 3.63) is 95.5 Å². The van der Waals surface area contributed by atoms with Gasteiger partial charge in [0.15, 0.2) is 0 Å². The van der Waals surface area contributed by atoms with Crippen LogP contribution in [0.15, 0.2) is 84.9 Å². The zero-order valence-electron chi connectivity index (χ0n) is 15.6. The Morgan fingerprint density at radius 1 is 0.750 bits per heavy atom. The summed E-state index contributed by atoms with van der Waals surface area (Å²) in [4.78, 5) is 28.8. The Labute approximate surface area is 170 Å².